The molecule has 2 aromatic heterocycles. The first-order valence-corrected chi connectivity index (χ1v) is 6.81. The van der Waals surface area contributed by atoms with Crippen LogP contribution in [0, 0.1) is 6.92 Å². The summed E-state index contributed by atoms with van der Waals surface area (Å²) in [5.74, 6) is 0. The molecule has 0 spiro atoms. The lowest BCUT2D eigenvalue weighted by Crippen LogP contribution is -2.19. The molecule has 0 amide bonds. The van der Waals surface area contributed by atoms with Gasteiger partial charge in [0.15, 0.2) is 0 Å². The highest BCUT2D eigenvalue weighted by Crippen LogP contribution is 2.11. The molecular formula is C12H18N4S. The first kappa shape index (κ1) is 12.3. The van der Waals surface area contributed by atoms with E-state index < -0.39 is 0 Å². The molecule has 2 aromatic rings. The molecule has 4 nitrogen and oxygen atoms in total. The molecule has 1 N–H and O–H groups in total. The highest BCUT2D eigenvalue weighted by molar-refractivity contribution is 7.09. The monoisotopic (exact) mass is 250 g/mol. The normalized spacial score (nSPS) is 10.9. The molecule has 0 bridgehead atoms. The van der Waals surface area contributed by atoms with Crippen molar-refractivity contribution < 1.29 is 0 Å². The van der Waals surface area contributed by atoms with Gasteiger partial charge in [-0.15, -0.1) is 11.3 Å². The van der Waals surface area contributed by atoms with E-state index in [9.17, 15) is 0 Å². The van der Waals surface area contributed by atoms with Gasteiger partial charge in [0.25, 0.3) is 0 Å². The number of hydrogen-bond acceptors (Lipinski definition) is 4. The zero-order valence-corrected chi connectivity index (χ0v) is 10.9. The zero-order valence-electron chi connectivity index (χ0n) is 10.1. The standard InChI is InChI=1S/C12H18N4S/c1-11-12(17-10-14-11)4-7-13-5-2-8-16-9-3-6-15-16/h3,6,9-10,13H,2,4-5,7-8H2,1H3. The molecular weight excluding hydrogens is 232 g/mol. The average Bonchev–Trinajstić information content (AvgIpc) is 2.95. The van der Waals surface area contributed by atoms with E-state index in [2.05, 4.69) is 22.3 Å². The van der Waals surface area contributed by atoms with Crippen molar-refractivity contribution in [2.24, 2.45) is 0 Å². The van der Waals surface area contributed by atoms with Gasteiger partial charge in [-0.1, -0.05) is 0 Å². The third kappa shape index (κ3) is 3.94. The minimum Gasteiger partial charge on any atom is -0.316 e. The van der Waals surface area contributed by atoms with E-state index in [-0.39, 0.29) is 0 Å². The fourth-order valence-electron chi connectivity index (χ4n) is 1.69. The van der Waals surface area contributed by atoms with E-state index in [0.29, 0.717) is 0 Å². The Bertz CT molecular complexity index is 421. The molecule has 0 radical (unpaired) electrons. The Kier molecular flexibility index (Phi) is 4.70. The SMILES string of the molecule is Cc1ncsc1CCNCCCn1cccn1. The van der Waals surface area contributed by atoms with Crippen LogP contribution in [-0.4, -0.2) is 27.9 Å². The third-order valence-electron chi connectivity index (χ3n) is 2.67. The van der Waals surface area contributed by atoms with Crippen LogP contribution >= 0.6 is 11.3 Å². The molecule has 0 aromatic carbocycles. The largest absolute Gasteiger partial charge is 0.316 e. The Morgan fingerprint density at radius 1 is 1.41 bits per heavy atom. The highest BCUT2D eigenvalue weighted by atomic mass is 32.1. The maximum atomic E-state index is 4.24. The molecule has 2 heterocycles. The number of aryl methyl sites for hydroxylation is 2. The van der Waals surface area contributed by atoms with Gasteiger partial charge in [-0.05, 0) is 32.4 Å². The molecule has 0 aliphatic heterocycles. The second-order valence-corrected chi connectivity index (χ2v) is 4.92. The molecule has 0 aliphatic carbocycles. The molecule has 17 heavy (non-hydrogen) atoms. The van der Waals surface area contributed by atoms with Crippen molar-refractivity contribution in [3.05, 3.63) is 34.5 Å². The smallest absolute Gasteiger partial charge is 0.0797 e. The summed E-state index contributed by atoms with van der Waals surface area (Å²) in [6.45, 7) is 5.13. The Morgan fingerprint density at radius 3 is 3.06 bits per heavy atom. The predicted molar refractivity (Wildman–Crippen MR) is 70.3 cm³/mol. The molecule has 0 atom stereocenters. The topological polar surface area (TPSA) is 42.7 Å². The quantitative estimate of drug-likeness (QED) is 0.763. The van der Waals surface area contributed by atoms with Crippen LogP contribution in [0.3, 0.4) is 0 Å². The van der Waals surface area contributed by atoms with E-state index in [1.165, 1.54) is 10.6 Å². The second-order valence-electron chi connectivity index (χ2n) is 3.98. The summed E-state index contributed by atoms with van der Waals surface area (Å²) in [6, 6.07) is 1.96. The van der Waals surface area contributed by atoms with Gasteiger partial charge in [-0.2, -0.15) is 5.10 Å². The van der Waals surface area contributed by atoms with Gasteiger partial charge < -0.3 is 5.32 Å². The van der Waals surface area contributed by atoms with Crippen molar-refractivity contribution in [1.29, 1.82) is 0 Å². The van der Waals surface area contributed by atoms with Crippen LogP contribution in [0.25, 0.3) is 0 Å². The predicted octanol–water partition coefficient (Wildman–Crippen LogP) is 1.87. The molecule has 0 saturated carbocycles. The summed E-state index contributed by atoms with van der Waals surface area (Å²) in [5.41, 5.74) is 3.09. The number of hydrogen-bond donors (Lipinski definition) is 1. The maximum Gasteiger partial charge on any atom is 0.0797 e. The van der Waals surface area contributed by atoms with Crippen LogP contribution < -0.4 is 5.32 Å². The van der Waals surface area contributed by atoms with Crippen molar-refractivity contribution in [3.63, 3.8) is 0 Å². The van der Waals surface area contributed by atoms with Crippen LogP contribution in [0.4, 0.5) is 0 Å². The summed E-state index contributed by atoms with van der Waals surface area (Å²) >= 11 is 1.75. The summed E-state index contributed by atoms with van der Waals surface area (Å²) in [5, 5.41) is 7.62. The lowest BCUT2D eigenvalue weighted by molar-refractivity contribution is 0.545. The molecule has 0 saturated heterocycles. The average molecular weight is 250 g/mol. The van der Waals surface area contributed by atoms with Crippen LogP contribution in [0.15, 0.2) is 24.0 Å². The van der Waals surface area contributed by atoms with E-state index in [4.69, 9.17) is 0 Å². The van der Waals surface area contributed by atoms with Crippen molar-refractivity contribution in [1.82, 2.24) is 20.1 Å². The summed E-state index contributed by atoms with van der Waals surface area (Å²) < 4.78 is 1.97. The van der Waals surface area contributed by atoms with Gasteiger partial charge in [0, 0.05) is 30.4 Å². The summed E-state index contributed by atoms with van der Waals surface area (Å²) in [4.78, 5) is 5.64. The Labute approximate surface area is 106 Å². The van der Waals surface area contributed by atoms with Crippen molar-refractivity contribution >= 4 is 11.3 Å². The Morgan fingerprint density at radius 2 is 2.35 bits per heavy atom. The van der Waals surface area contributed by atoms with Crippen LogP contribution in [0.1, 0.15) is 17.0 Å². The number of rotatable bonds is 7. The molecule has 5 heteroatoms. The van der Waals surface area contributed by atoms with Gasteiger partial charge in [-0.25, -0.2) is 4.98 Å². The number of aromatic nitrogens is 3. The zero-order chi connectivity index (χ0) is 11.9. The lowest BCUT2D eigenvalue weighted by Gasteiger charge is -2.04. The molecule has 0 aliphatic rings. The first-order chi connectivity index (χ1) is 8.36. The fraction of sp³-hybridized carbons (Fsp3) is 0.500. The maximum absolute atomic E-state index is 4.24. The van der Waals surface area contributed by atoms with E-state index in [1.807, 2.05) is 28.7 Å². The van der Waals surface area contributed by atoms with Crippen molar-refractivity contribution in [2.75, 3.05) is 13.1 Å². The summed E-state index contributed by atoms with van der Waals surface area (Å²) in [7, 11) is 0. The number of nitrogens with zero attached hydrogens (tertiary/aromatic N) is 3. The summed E-state index contributed by atoms with van der Waals surface area (Å²) in [6.07, 6.45) is 6.02. The fourth-order valence-corrected chi connectivity index (χ4v) is 2.47. The van der Waals surface area contributed by atoms with Gasteiger partial charge in [-0.3, -0.25) is 4.68 Å². The van der Waals surface area contributed by atoms with E-state index in [0.717, 1.165) is 32.5 Å². The van der Waals surface area contributed by atoms with Gasteiger partial charge in [0.2, 0.25) is 0 Å². The second kappa shape index (κ2) is 6.51. The van der Waals surface area contributed by atoms with Crippen molar-refractivity contribution in [3.8, 4) is 0 Å². The number of nitrogens with one attached hydrogen (secondary N) is 1. The Hall–Kier alpha value is -1.20. The van der Waals surface area contributed by atoms with Gasteiger partial charge in [0.05, 0.1) is 11.2 Å². The van der Waals surface area contributed by atoms with Gasteiger partial charge >= 0.3 is 0 Å². The van der Waals surface area contributed by atoms with Crippen LogP contribution in [0.5, 0.6) is 0 Å². The third-order valence-corrected chi connectivity index (χ3v) is 3.67. The van der Waals surface area contributed by atoms with Crippen LogP contribution in [0.2, 0.25) is 0 Å². The first-order valence-electron chi connectivity index (χ1n) is 5.93. The van der Waals surface area contributed by atoms with Crippen LogP contribution in [-0.2, 0) is 13.0 Å². The van der Waals surface area contributed by atoms with E-state index >= 15 is 0 Å². The molecule has 92 valence electrons. The molecule has 0 unspecified atom stereocenters. The van der Waals surface area contributed by atoms with E-state index in [1.54, 1.807) is 11.3 Å². The van der Waals surface area contributed by atoms with Crippen molar-refractivity contribution in [2.45, 2.75) is 26.3 Å². The lowest BCUT2D eigenvalue weighted by atomic mass is 10.3. The minimum atomic E-state index is 0.986. The van der Waals surface area contributed by atoms with Gasteiger partial charge in [0.1, 0.15) is 0 Å². The Balaban J connectivity index is 1.54. The minimum absolute atomic E-state index is 0.986. The highest BCUT2D eigenvalue weighted by Gasteiger charge is 2.00. The molecule has 2 rings (SSSR count). The molecule has 0 fully saturated rings. The number of thiazole rings is 1.